The lowest BCUT2D eigenvalue weighted by Crippen LogP contribution is -2.42. The van der Waals surface area contributed by atoms with Crippen LogP contribution in [0, 0.1) is 0 Å². The van der Waals surface area contributed by atoms with Crippen LogP contribution in [0.3, 0.4) is 0 Å². The second-order valence-electron chi connectivity index (χ2n) is 11.3. The van der Waals surface area contributed by atoms with Crippen molar-refractivity contribution in [3.8, 4) is 0 Å². The van der Waals surface area contributed by atoms with Crippen molar-refractivity contribution in [1.82, 2.24) is 21.4 Å². The van der Waals surface area contributed by atoms with Crippen LogP contribution in [0.15, 0.2) is 5.10 Å². The van der Waals surface area contributed by atoms with Crippen molar-refractivity contribution in [3.05, 3.63) is 0 Å². The summed E-state index contributed by atoms with van der Waals surface area (Å²) in [5.74, 6) is 9.28. The minimum atomic E-state index is -1.13. The summed E-state index contributed by atoms with van der Waals surface area (Å²) < 4.78 is 10.7. The molecule has 0 aromatic rings. The van der Waals surface area contributed by atoms with Gasteiger partial charge >= 0.3 is 5.97 Å². The van der Waals surface area contributed by atoms with Crippen molar-refractivity contribution in [1.29, 1.82) is 0 Å². The van der Waals surface area contributed by atoms with Gasteiger partial charge in [0.15, 0.2) is 0 Å². The number of aliphatic carboxylic acids is 1. The summed E-state index contributed by atoms with van der Waals surface area (Å²) in [5, 5.41) is 20.8. The molecule has 15 heteroatoms. The molecule has 0 rings (SSSR count). The molecule has 1 unspecified atom stereocenters. The van der Waals surface area contributed by atoms with E-state index in [4.69, 9.17) is 26.9 Å². The summed E-state index contributed by atoms with van der Waals surface area (Å²) in [6, 6.07) is -1.03. The molecule has 0 heterocycles. The number of ether oxygens (including phenoxy) is 2. The number of carbonyl (C=O) groups excluding carboxylic acids is 3. The number of nitrogens with one attached hydrogen (secondary N) is 4. The van der Waals surface area contributed by atoms with Crippen LogP contribution in [-0.2, 0) is 28.7 Å². The van der Waals surface area contributed by atoms with Gasteiger partial charge in [0.25, 0.3) is 0 Å². The Morgan fingerprint density at radius 2 is 1.20 bits per heavy atom. The van der Waals surface area contributed by atoms with Crippen molar-refractivity contribution in [3.63, 3.8) is 0 Å². The quantitative estimate of drug-likeness (QED) is 0.0169. The third kappa shape index (κ3) is 28.5. The van der Waals surface area contributed by atoms with Crippen LogP contribution >= 0.6 is 0 Å². The Morgan fingerprint density at radius 3 is 1.74 bits per heavy atom. The number of hydrogen-bond donors (Lipinski definition) is 8. The van der Waals surface area contributed by atoms with Gasteiger partial charge in [0.05, 0.1) is 26.4 Å². The third-order valence-electron chi connectivity index (χ3n) is 7.37. The molecule has 0 aromatic carbocycles. The van der Waals surface area contributed by atoms with E-state index in [1.807, 2.05) is 0 Å². The SMILES string of the molecule is NCC(=O)NCCCCC(NC(=O)COCCOCCNC(=O)CCCCCCCCCCCCCCC/C(=N/N)NN)C(=O)O. The molecule has 46 heavy (non-hydrogen) atoms. The summed E-state index contributed by atoms with van der Waals surface area (Å²) in [6.07, 6.45) is 18.1. The average molecular weight is 659 g/mol. The minimum absolute atomic E-state index is 0.0221. The summed E-state index contributed by atoms with van der Waals surface area (Å²) in [7, 11) is 0. The van der Waals surface area contributed by atoms with E-state index in [0.717, 1.165) is 32.1 Å². The maximum atomic E-state index is 12.0. The van der Waals surface area contributed by atoms with Crippen LogP contribution in [0.2, 0.25) is 0 Å². The van der Waals surface area contributed by atoms with E-state index in [1.54, 1.807) is 0 Å². The molecular formula is C31H62N8O7. The van der Waals surface area contributed by atoms with Crippen molar-refractivity contribution in [2.24, 2.45) is 22.5 Å². The lowest BCUT2D eigenvalue weighted by molar-refractivity contribution is -0.142. The normalized spacial score (nSPS) is 12.0. The van der Waals surface area contributed by atoms with E-state index in [1.165, 1.54) is 57.8 Å². The van der Waals surface area contributed by atoms with Gasteiger partial charge in [-0.2, -0.15) is 5.10 Å². The molecule has 1 atom stereocenters. The second-order valence-corrected chi connectivity index (χ2v) is 11.3. The Hall–Kier alpha value is -3.01. The van der Waals surface area contributed by atoms with Gasteiger partial charge in [0, 0.05) is 25.9 Å². The maximum absolute atomic E-state index is 12.0. The molecule has 0 saturated carbocycles. The number of nitrogens with two attached hydrogens (primary N) is 3. The largest absolute Gasteiger partial charge is 0.480 e. The van der Waals surface area contributed by atoms with Crippen molar-refractivity contribution >= 4 is 29.5 Å². The molecule has 11 N–H and O–H groups in total. The molecule has 0 fully saturated rings. The van der Waals surface area contributed by atoms with E-state index >= 15 is 0 Å². The van der Waals surface area contributed by atoms with Gasteiger partial charge in [-0.3, -0.25) is 14.4 Å². The van der Waals surface area contributed by atoms with Gasteiger partial charge < -0.3 is 47.5 Å². The highest BCUT2D eigenvalue weighted by Crippen LogP contribution is 2.13. The van der Waals surface area contributed by atoms with E-state index in [0.29, 0.717) is 44.8 Å². The molecule has 0 aliphatic carbocycles. The smallest absolute Gasteiger partial charge is 0.326 e. The number of carboxylic acids is 1. The maximum Gasteiger partial charge on any atom is 0.326 e. The lowest BCUT2D eigenvalue weighted by Gasteiger charge is -2.14. The highest BCUT2D eigenvalue weighted by atomic mass is 16.5. The van der Waals surface area contributed by atoms with Gasteiger partial charge in [0.2, 0.25) is 17.7 Å². The van der Waals surface area contributed by atoms with Gasteiger partial charge in [0.1, 0.15) is 18.5 Å². The van der Waals surface area contributed by atoms with Crippen molar-refractivity contribution < 1.29 is 33.8 Å². The van der Waals surface area contributed by atoms with Gasteiger partial charge in [-0.25, -0.2) is 10.6 Å². The number of hydrogen-bond acceptors (Lipinski definition) is 10. The summed E-state index contributed by atoms with van der Waals surface area (Å²) >= 11 is 0. The van der Waals surface area contributed by atoms with Crippen molar-refractivity contribution in [2.75, 3.05) is 46.1 Å². The minimum Gasteiger partial charge on any atom is -0.480 e. The fourth-order valence-electron chi connectivity index (χ4n) is 4.70. The first-order chi connectivity index (χ1) is 22.3. The topological polar surface area (TPSA) is 246 Å². The van der Waals surface area contributed by atoms with E-state index in [9.17, 15) is 24.3 Å². The van der Waals surface area contributed by atoms with E-state index in [-0.39, 0.29) is 44.6 Å². The summed E-state index contributed by atoms with van der Waals surface area (Å²) in [4.78, 5) is 46.4. The first-order valence-electron chi connectivity index (χ1n) is 17.0. The van der Waals surface area contributed by atoms with Gasteiger partial charge in [-0.15, -0.1) is 0 Å². The molecular weight excluding hydrogens is 596 g/mol. The lowest BCUT2D eigenvalue weighted by atomic mass is 10.0. The highest BCUT2D eigenvalue weighted by molar-refractivity contribution is 5.84. The number of amidine groups is 1. The van der Waals surface area contributed by atoms with Crippen LogP contribution in [-0.4, -0.2) is 86.7 Å². The third-order valence-corrected chi connectivity index (χ3v) is 7.37. The molecule has 0 aliphatic rings. The van der Waals surface area contributed by atoms with Crippen LogP contribution in [0.5, 0.6) is 0 Å². The fraction of sp³-hybridized carbons (Fsp3) is 0.839. The standard InChI is InChI=1S/C31H62N8O7/c32-24-29(41)35-19-15-14-16-26(31(43)44)37-30(42)25-46-23-22-45-21-20-36-28(40)18-13-11-9-7-5-3-1-2-4-6-8-10-12-17-27(38-33)39-34/h26H,1-25,32-34H2,(H,35,41)(H,36,40)(H,37,42)(H,38,39)(H,43,44). The number of unbranched alkanes of at least 4 members (excludes halogenated alkanes) is 13. The molecule has 0 bridgehead atoms. The first kappa shape index (κ1) is 43.0. The molecule has 0 spiro atoms. The monoisotopic (exact) mass is 658 g/mol. The molecule has 0 aliphatic heterocycles. The Balaban J connectivity index is 3.51. The predicted octanol–water partition coefficient (Wildman–Crippen LogP) is 1.54. The van der Waals surface area contributed by atoms with E-state index < -0.39 is 17.9 Å². The highest BCUT2D eigenvalue weighted by Gasteiger charge is 2.19. The van der Waals surface area contributed by atoms with Gasteiger partial charge in [-0.1, -0.05) is 70.6 Å². The molecule has 3 amide bonds. The Bertz CT molecular complexity index is 833. The predicted molar refractivity (Wildman–Crippen MR) is 178 cm³/mol. The second kappa shape index (κ2) is 32.0. The first-order valence-corrected chi connectivity index (χ1v) is 17.0. The molecule has 268 valence electrons. The number of rotatable bonds is 32. The number of hydrazone groups is 1. The van der Waals surface area contributed by atoms with Crippen molar-refractivity contribution in [2.45, 2.75) is 122 Å². The van der Waals surface area contributed by atoms with Crippen LogP contribution in [0.25, 0.3) is 0 Å². The molecule has 15 nitrogen and oxygen atoms in total. The zero-order chi connectivity index (χ0) is 34.1. The van der Waals surface area contributed by atoms with Crippen LogP contribution < -0.4 is 38.8 Å². The number of carbonyl (C=O) groups is 4. The average Bonchev–Trinajstić information content (AvgIpc) is 3.04. The summed E-state index contributed by atoms with van der Waals surface area (Å²) in [6.45, 7) is 1.19. The van der Waals surface area contributed by atoms with E-state index in [2.05, 4.69) is 26.5 Å². The fourth-order valence-corrected chi connectivity index (χ4v) is 4.70. The van der Waals surface area contributed by atoms with Crippen LogP contribution in [0.1, 0.15) is 116 Å². The molecule has 0 aromatic heterocycles. The molecule has 0 radical (unpaired) electrons. The Morgan fingerprint density at radius 1 is 0.652 bits per heavy atom. The Kier molecular flexibility index (Phi) is 29.9. The number of amides is 3. The summed E-state index contributed by atoms with van der Waals surface area (Å²) in [5.41, 5.74) is 7.71. The zero-order valence-electron chi connectivity index (χ0n) is 27.8. The number of carboxylic acid groups (broad SMARTS) is 1. The van der Waals surface area contributed by atoms with Crippen LogP contribution in [0.4, 0.5) is 0 Å². The number of nitrogens with zero attached hydrogens (tertiary/aromatic N) is 1. The zero-order valence-corrected chi connectivity index (χ0v) is 27.8. The van der Waals surface area contributed by atoms with Gasteiger partial charge in [-0.05, 0) is 32.1 Å². The number of hydrazine groups is 1. The molecule has 0 saturated heterocycles. The Labute approximate surface area is 274 Å².